The summed E-state index contributed by atoms with van der Waals surface area (Å²) in [5, 5.41) is 15.3. The van der Waals surface area contributed by atoms with Crippen molar-refractivity contribution in [2.24, 2.45) is 0 Å². The van der Waals surface area contributed by atoms with Crippen LogP contribution in [-0.2, 0) is 4.79 Å². The molecule has 0 radical (unpaired) electrons. The van der Waals surface area contributed by atoms with Gasteiger partial charge in [-0.15, -0.1) is 0 Å². The Labute approximate surface area is 92.6 Å². The van der Waals surface area contributed by atoms with Gasteiger partial charge in [0, 0.05) is 20.0 Å². The Bertz CT molecular complexity index is 158. The summed E-state index contributed by atoms with van der Waals surface area (Å²) >= 11 is 0. The van der Waals surface area contributed by atoms with Crippen molar-refractivity contribution in [2.45, 2.75) is 12.8 Å². The fourth-order valence-electron chi connectivity index (χ4n) is 0.783. The number of hydrogen-bond donors (Lipinski definition) is 1. The summed E-state index contributed by atoms with van der Waals surface area (Å²) in [5.41, 5.74) is 0. The molecule has 0 unspecified atom stereocenters. The van der Waals surface area contributed by atoms with Gasteiger partial charge in [-0.1, -0.05) is 0 Å². The molecular weight excluding hydrogens is 173 g/mol. The van der Waals surface area contributed by atoms with E-state index in [4.69, 9.17) is 15.0 Å². The van der Waals surface area contributed by atoms with Gasteiger partial charge >= 0.3 is 29.6 Å². The zero-order valence-electron chi connectivity index (χ0n) is 7.24. The number of hydrogen-bond acceptors (Lipinski definition) is 3. The Hall–Kier alpha value is -0.260. The molecule has 12 heavy (non-hydrogen) atoms. The number of likely N-dealkylation sites (tertiary alicyclic amines) is 1. The molecule has 0 atom stereocenters. The van der Waals surface area contributed by atoms with Crippen molar-refractivity contribution in [1.29, 1.82) is 0 Å². The predicted octanol–water partition coefficient (Wildman–Crippen LogP) is -3.87. The molecule has 64 valence electrons. The van der Waals surface area contributed by atoms with Crippen LogP contribution in [0, 0.1) is 0 Å². The van der Waals surface area contributed by atoms with Crippen LogP contribution in [0.1, 0.15) is 12.8 Å². The van der Waals surface area contributed by atoms with Gasteiger partial charge in [-0.3, -0.25) is 4.79 Å². The van der Waals surface area contributed by atoms with Gasteiger partial charge in [0.2, 0.25) is 12.1 Å². The molecule has 0 bridgehead atoms. The minimum Gasteiger partial charge on any atom is -0.565 e. The Balaban J connectivity index is 0. The first-order chi connectivity index (χ1) is 5.04. The molecule has 5 nitrogen and oxygen atoms in total. The molecule has 1 amide bonds. The monoisotopic (exact) mass is 183 g/mol. The quantitative estimate of drug-likeness (QED) is 0.390. The average Bonchev–Trinajstić information content (AvgIpc) is 2.15. The number of carbonyl (C=O) groups excluding carboxylic acids is 1. The molecule has 0 aliphatic carbocycles. The topological polar surface area (TPSA) is 80.7 Å². The van der Waals surface area contributed by atoms with Crippen LogP contribution in [0.5, 0.6) is 0 Å². The van der Waals surface area contributed by atoms with Gasteiger partial charge in [0.1, 0.15) is 0 Å². The number of rotatable bonds is 0. The van der Waals surface area contributed by atoms with E-state index in [0.717, 1.165) is 19.4 Å². The molecule has 1 fully saturated rings. The summed E-state index contributed by atoms with van der Waals surface area (Å²) in [5.74, 6) is 0.292. The molecule has 1 aliphatic heterocycles. The van der Waals surface area contributed by atoms with Gasteiger partial charge in [-0.05, 0) is 6.42 Å². The minimum atomic E-state index is -2.08. The molecular formula is C6H10NNaO4. The van der Waals surface area contributed by atoms with Crippen molar-refractivity contribution in [1.82, 2.24) is 4.90 Å². The Kier molecular flexibility index (Phi) is 8.79. The Morgan fingerprint density at radius 3 is 2.17 bits per heavy atom. The zero-order chi connectivity index (χ0) is 8.85. The summed E-state index contributed by atoms with van der Waals surface area (Å²) in [4.78, 5) is 20.7. The third kappa shape index (κ3) is 7.84. The van der Waals surface area contributed by atoms with Crippen molar-refractivity contribution in [2.75, 3.05) is 13.6 Å². The summed E-state index contributed by atoms with van der Waals surface area (Å²) in [6.07, 6.45) is -0.272. The predicted molar refractivity (Wildman–Crippen MR) is 34.9 cm³/mol. The van der Waals surface area contributed by atoms with E-state index in [9.17, 15) is 4.79 Å². The van der Waals surface area contributed by atoms with E-state index in [0.29, 0.717) is 5.91 Å². The minimum absolute atomic E-state index is 0. The van der Waals surface area contributed by atoms with Gasteiger partial charge < -0.3 is 19.9 Å². The maximum Gasteiger partial charge on any atom is 1.00 e. The van der Waals surface area contributed by atoms with E-state index in [1.807, 2.05) is 7.05 Å². The fraction of sp³-hybridized carbons (Fsp3) is 0.667. The smallest absolute Gasteiger partial charge is 0.565 e. The van der Waals surface area contributed by atoms with Crippen molar-refractivity contribution in [3.05, 3.63) is 0 Å². The van der Waals surface area contributed by atoms with Crippen molar-refractivity contribution in [3.63, 3.8) is 0 Å². The third-order valence-electron chi connectivity index (χ3n) is 1.31. The van der Waals surface area contributed by atoms with Crippen LogP contribution in [0.2, 0.25) is 0 Å². The van der Waals surface area contributed by atoms with Gasteiger partial charge in [0.15, 0.2) is 0 Å². The number of amides is 1. The Morgan fingerprint density at radius 2 is 2.08 bits per heavy atom. The first-order valence-corrected chi connectivity index (χ1v) is 3.18. The van der Waals surface area contributed by atoms with Gasteiger partial charge in [-0.25, -0.2) is 0 Å². The Morgan fingerprint density at radius 1 is 1.67 bits per heavy atom. The molecule has 0 saturated carbocycles. The fourth-order valence-corrected chi connectivity index (χ4v) is 0.783. The van der Waals surface area contributed by atoms with E-state index >= 15 is 0 Å². The van der Waals surface area contributed by atoms with E-state index in [-0.39, 0.29) is 29.6 Å². The molecule has 6 heteroatoms. The second kappa shape index (κ2) is 7.39. The first kappa shape index (κ1) is 14.3. The maximum absolute atomic E-state index is 10.5. The molecule has 0 aromatic heterocycles. The second-order valence-electron chi connectivity index (χ2n) is 2.18. The summed E-state index contributed by atoms with van der Waals surface area (Å²) in [6, 6.07) is 0. The molecule has 1 aliphatic rings. The first-order valence-electron chi connectivity index (χ1n) is 3.18. The molecule has 1 N–H and O–H groups in total. The largest absolute Gasteiger partial charge is 1.00 e. The van der Waals surface area contributed by atoms with E-state index < -0.39 is 6.16 Å². The number of nitrogens with zero attached hydrogens (tertiary/aromatic N) is 1. The van der Waals surface area contributed by atoms with E-state index in [1.54, 1.807) is 4.90 Å². The van der Waals surface area contributed by atoms with Crippen LogP contribution < -0.4 is 34.7 Å². The number of carboxylic acid groups (broad SMARTS) is 2. The van der Waals surface area contributed by atoms with Crippen LogP contribution in [0.25, 0.3) is 0 Å². The van der Waals surface area contributed by atoms with Crippen LogP contribution in [0.4, 0.5) is 4.79 Å². The third-order valence-corrected chi connectivity index (χ3v) is 1.31. The van der Waals surface area contributed by atoms with Crippen LogP contribution in [-0.4, -0.2) is 35.7 Å². The van der Waals surface area contributed by atoms with E-state index in [1.165, 1.54) is 0 Å². The van der Waals surface area contributed by atoms with Crippen LogP contribution in [0.15, 0.2) is 0 Å². The van der Waals surface area contributed by atoms with Crippen molar-refractivity contribution >= 4 is 12.1 Å². The molecule has 0 aromatic rings. The second-order valence-corrected chi connectivity index (χ2v) is 2.18. The van der Waals surface area contributed by atoms with Gasteiger partial charge in [-0.2, -0.15) is 0 Å². The standard InChI is InChI=1S/C5H9NO.CH2O3.Na/c1-6-4-2-3-5(6)7;2-1(3)4;/h2-4H2,1H3;(H2,2,3,4);/q;;+1/p-1. The van der Waals surface area contributed by atoms with Crippen LogP contribution in [0.3, 0.4) is 0 Å². The van der Waals surface area contributed by atoms with Crippen molar-refractivity contribution in [3.8, 4) is 0 Å². The normalized spacial score (nSPS) is 14.4. The summed E-state index contributed by atoms with van der Waals surface area (Å²) in [6.45, 7) is 0.957. The molecule has 0 aromatic carbocycles. The molecule has 1 saturated heterocycles. The number of carbonyl (C=O) groups is 2. The summed E-state index contributed by atoms with van der Waals surface area (Å²) < 4.78 is 0. The van der Waals surface area contributed by atoms with E-state index in [2.05, 4.69) is 0 Å². The molecule has 1 heterocycles. The van der Waals surface area contributed by atoms with Gasteiger partial charge in [0.25, 0.3) is 0 Å². The zero-order valence-corrected chi connectivity index (χ0v) is 9.24. The average molecular weight is 183 g/mol. The van der Waals surface area contributed by atoms with Crippen LogP contribution >= 0.6 is 0 Å². The summed E-state index contributed by atoms with van der Waals surface area (Å²) in [7, 11) is 1.84. The van der Waals surface area contributed by atoms with Crippen molar-refractivity contribution < 1.29 is 49.4 Å². The maximum atomic E-state index is 10.5. The molecule has 0 spiro atoms. The SMILES string of the molecule is CN1CCCC1=O.O=C([O-])O.[Na+]. The molecule has 1 rings (SSSR count). The van der Waals surface area contributed by atoms with Gasteiger partial charge in [0.05, 0.1) is 0 Å².